The monoisotopic (exact) mass is 258 g/mol. The van der Waals surface area contributed by atoms with E-state index in [0.717, 1.165) is 5.56 Å². The van der Waals surface area contributed by atoms with Crippen molar-refractivity contribution in [2.45, 2.75) is 13.3 Å². The zero-order chi connectivity index (χ0) is 13.4. The highest BCUT2D eigenvalue weighted by molar-refractivity contribution is 6.06. The molecule has 7 nitrogen and oxygen atoms in total. The van der Waals surface area contributed by atoms with Crippen LogP contribution in [0.25, 0.3) is 0 Å². The van der Waals surface area contributed by atoms with Crippen LogP contribution in [0.1, 0.15) is 21.8 Å². The van der Waals surface area contributed by atoms with Gasteiger partial charge >= 0.3 is 6.01 Å². The van der Waals surface area contributed by atoms with Crippen LogP contribution in [0.15, 0.2) is 22.6 Å². The van der Waals surface area contributed by atoms with E-state index in [1.165, 1.54) is 0 Å². The molecule has 19 heavy (non-hydrogen) atoms. The Kier molecular flexibility index (Phi) is 2.52. The summed E-state index contributed by atoms with van der Waals surface area (Å²) in [7, 11) is 0. The fourth-order valence-electron chi connectivity index (χ4n) is 1.87. The zero-order valence-corrected chi connectivity index (χ0v) is 10.1. The predicted octanol–water partition coefficient (Wildman–Crippen LogP) is 1.12. The van der Waals surface area contributed by atoms with Gasteiger partial charge in [0, 0.05) is 18.2 Å². The summed E-state index contributed by atoms with van der Waals surface area (Å²) < 4.78 is 5.06. The van der Waals surface area contributed by atoms with Gasteiger partial charge in [-0.05, 0) is 17.7 Å². The standard InChI is InChI=1S/C12H10N4O3/c1-6-15-16-12(19-6)14-11(18)8-3-2-7-5-10(17)13-9(7)4-8/h2-4H,5H2,1H3,(H,13,17)(H,14,16,18). The number of carbonyl (C=O) groups excluding carboxylic acids is 2. The number of hydrogen-bond donors (Lipinski definition) is 2. The van der Waals surface area contributed by atoms with Crippen molar-refractivity contribution in [1.82, 2.24) is 10.2 Å². The number of carbonyl (C=O) groups is 2. The van der Waals surface area contributed by atoms with E-state index in [4.69, 9.17) is 4.42 Å². The molecule has 2 N–H and O–H groups in total. The maximum Gasteiger partial charge on any atom is 0.322 e. The van der Waals surface area contributed by atoms with Crippen molar-refractivity contribution in [3.8, 4) is 0 Å². The van der Waals surface area contributed by atoms with Gasteiger partial charge in [0.15, 0.2) is 0 Å². The highest BCUT2D eigenvalue weighted by Crippen LogP contribution is 2.24. The summed E-state index contributed by atoms with van der Waals surface area (Å²) in [6, 6.07) is 5.07. The topological polar surface area (TPSA) is 97.1 Å². The van der Waals surface area contributed by atoms with Crippen LogP contribution >= 0.6 is 0 Å². The molecule has 2 amide bonds. The second-order valence-corrected chi connectivity index (χ2v) is 4.18. The molecule has 0 fully saturated rings. The van der Waals surface area contributed by atoms with Crippen molar-refractivity contribution in [2.24, 2.45) is 0 Å². The van der Waals surface area contributed by atoms with Crippen molar-refractivity contribution in [3.63, 3.8) is 0 Å². The highest BCUT2D eigenvalue weighted by Gasteiger charge is 2.19. The molecule has 0 saturated carbocycles. The number of aryl methyl sites for hydroxylation is 1. The van der Waals surface area contributed by atoms with Crippen LogP contribution in [-0.2, 0) is 11.2 Å². The van der Waals surface area contributed by atoms with Gasteiger partial charge in [0.1, 0.15) is 0 Å². The van der Waals surface area contributed by atoms with Gasteiger partial charge in [-0.3, -0.25) is 14.9 Å². The SMILES string of the molecule is Cc1nnc(NC(=O)c2ccc3c(c2)NC(=O)C3)o1. The minimum Gasteiger partial charge on any atom is -0.408 e. The Bertz CT molecular complexity index is 677. The van der Waals surface area contributed by atoms with Crippen LogP contribution < -0.4 is 10.6 Å². The highest BCUT2D eigenvalue weighted by atomic mass is 16.4. The second-order valence-electron chi connectivity index (χ2n) is 4.18. The molecule has 0 radical (unpaired) electrons. The minimum absolute atomic E-state index is 0.0482. The smallest absolute Gasteiger partial charge is 0.322 e. The van der Waals surface area contributed by atoms with E-state index < -0.39 is 0 Å². The average molecular weight is 258 g/mol. The molecule has 7 heteroatoms. The molecule has 1 aliphatic rings. The third kappa shape index (κ3) is 2.17. The van der Waals surface area contributed by atoms with Gasteiger partial charge in [-0.15, -0.1) is 5.10 Å². The Balaban J connectivity index is 1.81. The summed E-state index contributed by atoms with van der Waals surface area (Å²) in [5.74, 6) is -0.0656. The van der Waals surface area contributed by atoms with Crippen LogP contribution in [0.5, 0.6) is 0 Å². The Morgan fingerprint density at radius 1 is 1.42 bits per heavy atom. The van der Waals surface area contributed by atoms with Crippen molar-refractivity contribution >= 4 is 23.5 Å². The summed E-state index contributed by atoms with van der Waals surface area (Å²) in [5.41, 5.74) is 1.96. The molecule has 3 rings (SSSR count). The first kappa shape index (κ1) is 11.4. The third-order valence-corrected chi connectivity index (χ3v) is 2.74. The molecule has 1 aliphatic heterocycles. The number of anilines is 2. The van der Waals surface area contributed by atoms with Gasteiger partial charge in [0.2, 0.25) is 11.8 Å². The van der Waals surface area contributed by atoms with Gasteiger partial charge in [-0.1, -0.05) is 11.2 Å². The molecule has 1 aromatic heterocycles. The largest absolute Gasteiger partial charge is 0.408 e. The molecule has 2 aromatic rings. The molecular weight excluding hydrogens is 248 g/mol. The summed E-state index contributed by atoms with van der Waals surface area (Å²) >= 11 is 0. The number of benzene rings is 1. The Morgan fingerprint density at radius 2 is 2.26 bits per heavy atom. The van der Waals surface area contributed by atoms with E-state index in [1.54, 1.807) is 25.1 Å². The summed E-state index contributed by atoms with van der Waals surface area (Å²) in [4.78, 5) is 23.2. The second kappa shape index (κ2) is 4.20. The number of nitrogens with zero attached hydrogens (tertiary/aromatic N) is 2. The fraction of sp³-hybridized carbons (Fsp3) is 0.167. The quantitative estimate of drug-likeness (QED) is 0.841. The molecular formula is C12H10N4O3. The normalized spacial score (nSPS) is 13.0. The van der Waals surface area contributed by atoms with Gasteiger partial charge < -0.3 is 9.73 Å². The zero-order valence-electron chi connectivity index (χ0n) is 10.1. The Morgan fingerprint density at radius 3 is 3.00 bits per heavy atom. The average Bonchev–Trinajstić information content (AvgIpc) is 2.93. The van der Waals surface area contributed by atoms with Crippen LogP contribution in [0.3, 0.4) is 0 Å². The Labute approximate surface area is 108 Å². The molecule has 0 unspecified atom stereocenters. The van der Waals surface area contributed by atoms with Crippen LogP contribution in [-0.4, -0.2) is 22.0 Å². The van der Waals surface area contributed by atoms with Crippen LogP contribution in [0.4, 0.5) is 11.7 Å². The van der Waals surface area contributed by atoms with Crippen molar-refractivity contribution < 1.29 is 14.0 Å². The maximum absolute atomic E-state index is 12.0. The summed E-state index contributed by atoms with van der Waals surface area (Å²) in [5, 5.41) is 12.5. The lowest BCUT2D eigenvalue weighted by Crippen LogP contribution is -2.12. The van der Waals surface area contributed by atoms with E-state index in [0.29, 0.717) is 23.6 Å². The maximum atomic E-state index is 12.0. The van der Waals surface area contributed by atoms with Gasteiger partial charge in [-0.25, -0.2) is 0 Å². The lowest BCUT2D eigenvalue weighted by Gasteiger charge is -2.03. The molecule has 0 spiro atoms. The first-order valence-electron chi connectivity index (χ1n) is 5.66. The van der Waals surface area contributed by atoms with E-state index in [1.807, 2.05) is 0 Å². The number of amides is 2. The van der Waals surface area contributed by atoms with E-state index in [2.05, 4.69) is 20.8 Å². The minimum atomic E-state index is -0.368. The Hall–Kier alpha value is -2.70. The first-order valence-corrected chi connectivity index (χ1v) is 5.66. The van der Waals surface area contributed by atoms with Gasteiger partial charge in [0.25, 0.3) is 5.91 Å². The van der Waals surface area contributed by atoms with Crippen LogP contribution in [0, 0.1) is 6.92 Å². The number of fused-ring (bicyclic) bond motifs is 1. The molecule has 0 aliphatic carbocycles. The molecule has 96 valence electrons. The number of hydrogen-bond acceptors (Lipinski definition) is 5. The molecule has 0 bridgehead atoms. The fourth-order valence-corrected chi connectivity index (χ4v) is 1.87. The van der Waals surface area contributed by atoms with E-state index in [-0.39, 0.29) is 17.8 Å². The predicted molar refractivity (Wildman–Crippen MR) is 65.8 cm³/mol. The van der Waals surface area contributed by atoms with Crippen molar-refractivity contribution in [1.29, 1.82) is 0 Å². The van der Waals surface area contributed by atoms with Crippen molar-refractivity contribution in [3.05, 3.63) is 35.2 Å². The molecule has 1 aromatic carbocycles. The number of nitrogens with one attached hydrogen (secondary N) is 2. The van der Waals surface area contributed by atoms with Crippen molar-refractivity contribution in [2.75, 3.05) is 10.6 Å². The first-order chi connectivity index (χ1) is 9.11. The third-order valence-electron chi connectivity index (χ3n) is 2.74. The van der Waals surface area contributed by atoms with Gasteiger partial charge in [-0.2, -0.15) is 0 Å². The number of rotatable bonds is 2. The van der Waals surface area contributed by atoms with E-state index in [9.17, 15) is 9.59 Å². The van der Waals surface area contributed by atoms with Gasteiger partial charge in [0.05, 0.1) is 6.42 Å². The summed E-state index contributed by atoms with van der Waals surface area (Å²) in [6.45, 7) is 1.63. The van der Waals surface area contributed by atoms with E-state index >= 15 is 0 Å². The summed E-state index contributed by atoms with van der Waals surface area (Å²) in [6.07, 6.45) is 0.347. The number of aromatic nitrogens is 2. The molecule has 0 atom stereocenters. The molecule has 2 heterocycles. The lowest BCUT2D eigenvalue weighted by atomic mass is 10.1. The molecule has 0 saturated heterocycles. The van der Waals surface area contributed by atoms with Crippen LogP contribution in [0.2, 0.25) is 0 Å². The lowest BCUT2D eigenvalue weighted by molar-refractivity contribution is -0.115.